The first kappa shape index (κ1) is 34.0. The van der Waals surface area contributed by atoms with Crippen LogP contribution in [0.5, 0.6) is 0 Å². The van der Waals surface area contributed by atoms with Crippen molar-refractivity contribution in [3.05, 3.63) is 0 Å². The van der Waals surface area contributed by atoms with Crippen molar-refractivity contribution >= 4 is 8.80 Å². The summed E-state index contributed by atoms with van der Waals surface area (Å²) in [7, 11) is 2.67. The van der Waals surface area contributed by atoms with E-state index in [-0.39, 0.29) is 0 Å². The maximum absolute atomic E-state index is 5.83. The summed E-state index contributed by atoms with van der Waals surface area (Å²) >= 11 is 0. The van der Waals surface area contributed by atoms with Crippen LogP contribution in [0.1, 0.15) is 86.5 Å². The van der Waals surface area contributed by atoms with Crippen LogP contribution in [0.25, 0.3) is 0 Å². The monoisotopic (exact) mass is 503 g/mol. The quantitative estimate of drug-likeness (QED) is 0.159. The van der Waals surface area contributed by atoms with Gasteiger partial charge in [-0.2, -0.15) is 0 Å². The fourth-order valence-electron chi connectivity index (χ4n) is 5.38. The lowest BCUT2D eigenvalue weighted by molar-refractivity contribution is 0.106. The third-order valence-corrected chi connectivity index (χ3v) is 10.9. The predicted octanol–water partition coefficient (Wildman–Crippen LogP) is 5.61. The Morgan fingerprint density at radius 2 is 0.794 bits per heavy atom. The van der Waals surface area contributed by atoms with Crippen LogP contribution in [0.15, 0.2) is 0 Å². The van der Waals surface area contributed by atoms with Crippen molar-refractivity contribution in [2.45, 2.75) is 92.5 Å². The Bertz CT molecular complexity index is 401. The standard InChI is InChI=1S/C27H61N3O3Si/c1-10-28(11-2)23-16-19-27(20-17-24-29(12-3)13-4,21-18-25-30(14-5)15-6)22-26-34(31-7,32-8)33-9/h10-26H2,1-9H3. The van der Waals surface area contributed by atoms with Crippen molar-refractivity contribution in [3.8, 4) is 0 Å². The summed E-state index contributed by atoms with van der Waals surface area (Å²) in [5, 5.41) is 0. The SMILES string of the molecule is CCN(CC)CCCC(CCCN(CC)CC)(CCCN(CC)CC)CC[Si](OC)(OC)OC. The van der Waals surface area contributed by atoms with E-state index in [4.69, 9.17) is 13.3 Å². The van der Waals surface area contributed by atoms with Gasteiger partial charge in [0.05, 0.1) is 0 Å². The Hall–Kier alpha value is -0.0231. The molecule has 206 valence electrons. The van der Waals surface area contributed by atoms with Gasteiger partial charge in [0.25, 0.3) is 0 Å². The van der Waals surface area contributed by atoms with Gasteiger partial charge in [0.1, 0.15) is 0 Å². The topological polar surface area (TPSA) is 37.4 Å². The lowest BCUT2D eigenvalue weighted by Crippen LogP contribution is -2.44. The summed E-state index contributed by atoms with van der Waals surface area (Å²) in [4.78, 5) is 7.69. The highest BCUT2D eigenvalue weighted by Crippen LogP contribution is 2.42. The molecule has 0 aromatic carbocycles. The van der Waals surface area contributed by atoms with Gasteiger partial charge in [0, 0.05) is 27.4 Å². The Balaban J connectivity index is 5.62. The van der Waals surface area contributed by atoms with Crippen LogP contribution in [-0.4, -0.2) is 104 Å². The van der Waals surface area contributed by atoms with Crippen LogP contribution in [0, 0.1) is 5.41 Å². The molecule has 0 N–H and O–H groups in total. The average Bonchev–Trinajstić information content (AvgIpc) is 2.88. The van der Waals surface area contributed by atoms with Crippen LogP contribution in [0.3, 0.4) is 0 Å². The first-order valence-corrected chi connectivity index (χ1v) is 16.1. The Labute approximate surface area is 215 Å². The third-order valence-electron chi connectivity index (χ3n) is 8.12. The second kappa shape index (κ2) is 20.1. The molecule has 0 radical (unpaired) electrons. The van der Waals surface area contributed by atoms with Gasteiger partial charge >= 0.3 is 8.80 Å². The number of hydrogen-bond acceptors (Lipinski definition) is 6. The number of hydrogen-bond donors (Lipinski definition) is 0. The van der Waals surface area contributed by atoms with Crippen molar-refractivity contribution in [2.75, 3.05) is 80.2 Å². The van der Waals surface area contributed by atoms with Gasteiger partial charge in [-0.3, -0.25) is 0 Å². The maximum Gasteiger partial charge on any atom is 0.500 e. The molecule has 0 spiro atoms. The molecule has 6 nitrogen and oxygen atoms in total. The molecule has 0 saturated carbocycles. The molecule has 34 heavy (non-hydrogen) atoms. The molecular weight excluding hydrogens is 442 g/mol. The Kier molecular flexibility index (Phi) is 20.1. The largest absolute Gasteiger partial charge is 0.500 e. The molecule has 0 aromatic rings. The molecule has 0 aromatic heterocycles. The molecular formula is C27H61N3O3Si. The normalized spacial score (nSPS) is 13.1. The molecule has 7 heteroatoms. The van der Waals surface area contributed by atoms with Crippen molar-refractivity contribution in [2.24, 2.45) is 5.41 Å². The highest BCUT2D eigenvalue weighted by molar-refractivity contribution is 6.60. The zero-order valence-electron chi connectivity index (χ0n) is 24.6. The van der Waals surface area contributed by atoms with Crippen molar-refractivity contribution in [3.63, 3.8) is 0 Å². The van der Waals surface area contributed by atoms with Crippen LogP contribution in [-0.2, 0) is 13.3 Å². The fourth-order valence-corrected chi connectivity index (χ4v) is 7.33. The van der Waals surface area contributed by atoms with Gasteiger partial charge in [-0.15, -0.1) is 0 Å². The molecule has 0 atom stereocenters. The molecule has 0 unspecified atom stereocenters. The third kappa shape index (κ3) is 12.8. The highest BCUT2D eigenvalue weighted by Gasteiger charge is 2.41. The zero-order chi connectivity index (χ0) is 25.9. The number of nitrogens with zero attached hydrogens (tertiary/aromatic N) is 3. The summed E-state index contributed by atoms with van der Waals surface area (Å²) < 4.78 is 17.5. The smallest absolute Gasteiger partial charge is 0.377 e. The molecule has 0 amide bonds. The molecule has 0 aliphatic rings. The van der Waals surface area contributed by atoms with Gasteiger partial charge < -0.3 is 28.0 Å². The lowest BCUT2D eigenvalue weighted by atomic mass is 9.73. The fraction of sp³-hybridized carbons (Fsp3) is 1.00. The van der Waals surface area contributed by atoms with E-state index in [1.54, 1.807) is 21.3 Å². The van der Waals surface area contributed by atoms with Crippen LogP contribution in [0.4, 0.5) is 0 Å². The van der Waals surface area contributed by atoms with Crippen LogP contribution in [0.2, 0.25) is 6.04 Å². The molecule has 0 aliphatic carbocycles. The van der Waals surface area contributed by atoms with E-state index in [0.29, 0.717) is 5.41 Å². The molecule has 0 bridgehead atoms. The summed E-state index contributed by atoms with van der Waals surface area (Å²) in [5.41, 5.74) is 0.321. The van der Waals surface area contributed by atoms with Crippen molar-refractivity contribution in [1.29, 1.82) is 0 Å². The molecule has 0 rings (SSSR count). The van der Waals surface area contributed by atoms with E-state index in [1.807, 2.05) is 0 Å². The first-order valence-electron chi connectivity index (χ1n) is 14.2. The van der Waals surface area contributed by atoms with E-state index < -0.39 is 8.80 Å². The minimum atomic E-state index is -2.58. The molecule has 0 saturated heterocycles. The van der Waals surface area contributed by atoms with E-state index in [1.165, 1.54) is 58.2 Å². The van der Waals surface area contributed by atoms with Gasteiger partial charge in [0.15, 0.2) is 0 Å². The maximum atomic E-state index is 5.83. The summed E-state index contributed by atoms with van der Waals surface area (Å²) in [6, 6.07) is 0.901. The lowest BCUT2D eigenvalue weighted by Gasteiger charge is -2.38. The summed E-state index contributed by atoms with van der Waals surface area (Å²) in [6.07, 6.45) is 8.76. The number of rotatable bonds is 24. The van der Waals surface area contributed by atoms with Crippen LogP contribution >= 0.6 is 0 Å². The Morgan fingerprint density at radius 3 is 1.03 bits per heavy atom. The molecule has 0 aliphatic heterocycles. The van der Waals surface area contributed by atoms with Gasteiger partial charge in [-0.25, -0.2) is 0 Å². The second-order valence-electron chi connectivity index (χ2n) is 9.69. The van der Waals surface area contributed by atoms with Crippen molar-refractivity contribution in [1.82, 2.24) is 14.7 Å². The van der Waals surface area contributed by atoms with E-state index in [0.717, 1.165) is 51.7 Å². The zero-order valence-corrected chi connectivity index (χ0v) is 25.6. The van der Waals surface area contributed by atoms with E-state index >= 15 is 0 Å². The van der Waals surface area contributed by atoms with Gasteiger partial charge in [-0.05, 0) is 109 Å². The second-order valence-corrected chi connectivity index (χ2v) is 12.8. The molecule has 0 fully saturated rings. The van der Waals surface area contributed by atoms with E-state index in [2.05, 4.69) is 56.2 Å². The summed E-state index contributed by atoms with van der Waals surface area (Å²) in [5.74, 6) is 0. The first-order chi connectivity index (χ1) is 16.4. The van der Waals surface area contributed by atoms with Crippen LogP contribution < -0.4 is 0 Å². The predicted molar refractivity (Wildman–Crippen MR) is 150 cm³/mol. The minimum absolute atomic E-state index is 0.321. The van der Waals surface area contributed by atoms with Crippen molar-refractivity contribution < 1.29 is 13.3 Å². The highest BCUT2D eigenvalue weighted by atomic mass is 28.4. The Morgan fingerprint density at radius 1 is 0.500 bits per heavy atom. The summed E-state index contributed by atoms with van der Waals surface area (Å²) in [6.45, 7) is 24.1. The average molecular weight is 504 g/mol. The van der Waals surface area contributed by atoms with Gasteiger partial charge in [0.2, 0.25) is 0 Å². The molecule has 0 heterocycles. The van der Waals surface area contributed by atoms with Gasteiger partial charge in [-0.1, -0.05) is 41.5 Å². The minimum Gasteiger partial charge on any atom is -0.377 e. The van der Waals surface area contributed by atoms with E-state index in [9.17, 15) is 0 Å².